The molecular weight excluding hydrogens is 280 g/mol. The zero-order valence-electron chi connectivity index (χ0n) is 13.8. The first-order valence-electron chi connectivity index (χ1n) is 7.98. The Hall–Kier alpha value is -1.84. The van der Waals surface area contributed by atoms with E-state index in [4.69, 9.17) is 9.47 Å². The van der Waals surface area contributed by atoms with Crippen molar-refractivity contribution in [1.29, 1.82) is 0 Å². The molecule has 0 spiro atoms. The van der Waals surface area contributed by atoms with Crippen molar-refractivity contribution in [3.05, 3.63) is 29.8 Å². The molecule has 1 rings (SSSR count). The normalized spacial score (nSPS) is 10.5. The standard InChI is InChI=1S/C18H26O4/c1-4-6-15(7-5-2)12-18(20)22-17-10-8-16(9-11-17)13-21-14(3)19/h8-11,15H,4-7,12-13H2,1-3H3. The molecule has 0 aliphatic carbocycles. The molecule has 0 saturated heterocycles. The van der Waals surface area contributed by atoms with Crippen molar-refractivity contribution in [3.63, 3.8) is 0 Å². The van der Waals surface area contributed by atoms with Gasteiger partial charge >= 0.3 is 11.9 Å². The van der Waals surface area contributed by atoms with Crippen LogP contribution in [0.4, 0.5) is 0 Å². The van der Waals surface area contributed by atoms with Gasteiger partial charge in [0.15, 0.2) is 0 Å². The summed E-state index contributed by atoms with van der Waals surface area (Å²) in [6.45, 7) is 5.88. The number of hydrogen-bond donors (Lipinski definition) is 0. The minimum absolute atomic E-state index is 0.181. The Kier molecular flexibility index (Phi) is 8.26. The van der Waals surface area contributed by atoms with Crippen molar-refractivity contribution in [2.24, 2.45) is 5.92 Å². The minimum Gasteiger partial charge on any atom is -0.461 e. The fourth-order valence-corrected chi connectivity index (χ4v) is 2.41. The third-order valence-electron chi connectivity index (χ3n) is 3.45. The Bertz CT molecular complexity index is 458. The second kappa shape index (κ2) is 9.98. The largest absolute Gasteiger partial charge is 0.461 e. The van der Waals surface area contributed by atoms with Crippen LogP contribution in [0.3, 0.4) is 0 Å². The van der Waals surface area contributed by atoms with Gasteiger partial charge in [-0.1, -0.05) is 51.7 Å². The van der Waals surface area contributed by atoms with Gasteiger partial charge in [-0.25, -0.2) is 0 Å². The smallest absolute Gasteiger partial charge is 0.311 e. The highest BCUT2D eigenvalue weighted by atomic mass is 16.5. The molecule has 0 heterocycles. The summed E-state index contributed by atoms with van der Waals surface area (Å²) >= 11 is 0. The Balaban J connectivity index is 2.48. The third-order valence-corrected chi connectivity index (χ3v) is 3.45. The van der Waals surface area contributed by atoms with Gasteiger partial charge in [-0.3, -0.25) is 9.59 Å². The molecule has 0 saturated carbocycles. The zero-order chi connectivity index (χ0) is 16.4. The lowest BCUT2D eigenvalue weighted by Gasteiger charge is -2.14. The fraction of sp³-hybridized carbons (Fsp3) is 0.556. The molecule has 0 radical (unpaired) electrons. The van der Waals surface area contributed by atoms with Crippen LogP contribution in [0.5, 0.6) is 5.75 Å². The molecule has 4 heteroatoms. The molecule has 0 atom stereocenters. The highest BCUT2D eigenvalue weighted by molar-refractivity contribution is 5.72. The number of carbonyl (C=O) groups excluding carboxylic acids is 2. The van der Waals surface area contributed by atoms with Gasteiger partial charge in [-0.2, -0.15) is 0 Å². The van der Waals surface area contributed by atoms with Gasteiger partial charge in [0.2, 0.25) is 0 Å². The molecule has 4 nitrogen and oxygen atoms in total. The predicted molar refractivity (Wildman–Crippen MR) is 85.5 cm³/mol. The molecule has 1 aromatic carbocycles. The first-order chi connectivity index (χ1) is 10.5. The van der Waals surface area contributed by atoms with Crippen molar-refractivity contribution >= 4 is 11.9 Å². The van der Waals surface area contributed by atoms with Crippen molar-refractivity contribution in [1.82, 2.24) is 0 Å². The van der Waals surface area contributed by atoms with Crippen LogP contribution in [0.2, 0.25) is 0 Å². The van der Waals surface area contributed by atoms with E-state index in [2.05, 4.69) is 13.8 Å². The summed E-state index contributed by atoms with van der Waals surface area (Å²) in [4.78, 5) is 22.7. The molecule has 0 amide bonds. The highest BCUT2D eigenvalue weighted by Crippen LogP contribution is 2.20. The lowest BCUT2D eigenvalue weighted by molar-refractivity contribution is -0.142. The maximum atomic E-state index is 12.0. The van der Waals surface area contributed by atoms with E-state index in [1.807, 2.05) is 0 Å². The lowest BCUT2D eigenvalue weighted by Crippen LogP contribution is -2.14. The van der Waals surface area contributed by atoms with Crippen LogP contribution in [-0.4, -0.2) is 11.9 Å². The molecule has 0 aliphatic rings. The monoisotopic (exact) mass is 306 g/mol. The van der Waals surface area contributed by atoms with Gasteiger partial charge in [-0.15, -0.1) is 0 Å². The van der Waals surface area contributed by atoms with Crippen molar-refractivity contribution in [2.75, 3.05) is 0 Å². The van der Waals surface area contributed by atoms with Crippen LogP contribution in [0.1, 0.15) is 58.4 Å². The van der Waals surface area contributed by atoms with Crippen molar-refractivity contribution in [2.45, 2.75) is 59.5 Å². The molecule has 0 bridgehead atoms. The topological polar surface area (TPSA) is 52.6 Å². The molecule has 0 aromatic heterocycles. The minimum atomic E-state index is -0.312. The molecule has 0 N–H and O–H groups in total. The Morgan fingerprint density at radius 2 is 1.64 bits per heavy atom. The summed E-state index contributed by atoms with van der Waals surface area (Å²) in [5.74, 6) is 0.446. The number of hydrogen-bond acceptors (Lipinski definition) is 4. The van der Waals surface area contributed by atoms with E-state index < -0.39 is 0 Å². The first kappa shape index (κ1) is 18.2. The fourth-order valence-electron chi connectivity index (χ4n) is 2.41. The molecule has 22 heavy (non-hydrogen) atoms. The lowest BCUT2D eigenvalue weighted by atomic mass is 9.95. The van der Waals surface area contributed by atoms with Crippen LogP contribution in [0, 0.1) is 5.92 Å². The number of esters is 2. The Morgan fingerprint density at radius 3 is 2.14 bits per heavy atom. The molecule has 1 aromatic rings. The number of carbonyl (C=O) groups is 2. The first-order valence-corrected chi connectivity index (χ1v) is 7.98. The van der Waals surface area contributed by atoms with Crippen molar-refractivity contribution in [3.8, 4) is 5.75 Å². The Labute approximate surface area is 132 Å². The molecule has 0 fully saturated rings. The van der Waals surface area contributed by atoms with E-state index in [9.17, 15) is 9.59 Å². The summed E-state index contributed by atoms with van der Waals surface area (Å²) in [7, 11) is 0. The van der Waals surface area contributed by atoms with Gasteiger partial charge in [0.25, 0.3) is 0 Å². The second-order valence-electron chi connectivity index (χ2n) is 5.55. The molecular formula is C18H26O4. The zero-order valence-corrected chi connectivity index (χ0v) is 13.8. The third kappa shape index (κ3) is 7.25. The van der Waals surface area contributed by atoms with E-state index in [-0.39, 0.29) is 18.5 Å². The predicted octanol–water partition coefficient (Wildman–Crippen LogP) is 4.26. The molecule has 122 valence electrons. The second-order valence-corrected chi connectivity index (χ2v) is 5.55. The van der Waals surface area contributed by atoms with E-state index >= 15 is 0 Å². The van der Waals surface area contributed by atoms with Crippen molar-refractivity contribution < 1.29 is 19.1 Å². The van der Waals surface area contributed by atoms with Crippen LogP contribution >= 0.6 is 0 Å². The molecule has 0 unspecified atom stereocenters. The van der Waals surface area contributed by atoms with Crippen LogP contribution in [-0.2, 0) is 20.9 Å². The van der Waals surface area contributed by atoms with E-state index in [0.29, 0.717) is 18.1 Å². The van der Waals surface area contributed by atoms with Gasteiger partial charge in [-0.05, 0) is 23.6 Å². The van der Waals surface area contributed by atoms with E-state index in [0.717, 1.165) is 31.2 Å². The SMILES string of the molecule is CCCC(CCC)CC(=O)Oc1ccc(COC(C)=O)cc1. The summed E-state index contributed by atoms with van der Waals surface area (Å²) in [6, 6.07) is 7.04. The number of rotatable bonds is 9. The number of benzene rings is 1. The van der Waals surface area contributed by atoms with E-state index in [1.165, 1.54) is 6.92 Å². The summed E-state index contributed by atoms with van der Waals surface area (Å²) in [6.07, 6.45) is 4.76. The van der Waals surface area contributed by atoms with Crippen LogP contribution in [0.15, 0.2) is 24.3 Å². The number of ether oxygens (including phenoxy) is 2. The summed E-state index contributed by atoms with van der Waals surface area (Å²) < 4.78 is 10.3. The average Bonchev–Trinajstić information content (AvgIpc) is 2.47. The van der Waals surface area contributed by atoms with Crippen LogP contribution in [0.25, 0.3) is 0 Å². The van der Waals surface area contributed by atoms with Gasteiger partial charge in [0.05, 0.1) is 0 Å². The average molecular weight is 306 g/mol. The maximum absolute atomic E-state index is 12.0. The van der Waals surface area contributed by atoms with Gasteiger partial charge in [0, 0.05) is 13.3 Å². The van der Waals surface area contributed by atoms with Gasteiger partial charge < -0.3 is 9.47 Å². The Morgan fingerprint density at radius 1 is 1.05 bits per heavy atom. The molecule has 0 aliphatic heterocycles. The maximum Gasteiger partial charge on any atom is 0.311 e. The van der Waals surface area contributed by atoms with Crippen LogP contribution < -0.4 is 4.74 Å². The van der Waals surface area contributed by atoms with E-state index in [1.54, 1.807) is 24.3 Å². The summed E-state index contributed by atoms with van der Waals surface area (Å²) in [5, 5.41) is 0. The van der Waals surface area contributed by atoms with Gasteiger partial charge in [0.1, 0.15) is 12.4 Å². The quantitative estimate of drug-likeness (QED) is 0.505. The highest BCUT2D eigenvalue weighted by Gasteiger charge is 2.14. The summed E-state index contributed by atoms with van der Waals surface area (Å²) in [5.41, 5.74) is 0.866.